The Kier molecular flexibility index (Phi) is 47.7. The number of rotatable bonds is 11. The Morgan fingerprint density at radius 3 is 1.25 bits per heavy atom. The third kappa shape index (κ3) is 37.7. The monoisotopic (exact) mass is 2120 g/mol. The van der Waals surface area contributed by atoms with Crippen molar-refractivity contribution in [3.05, 3.63) is 145 Å². The van der Waals surface area contributed by atoms with Crippen LogP contribution < -0.4 is 50.3 Å². The van der Waals surface area contributed by atoms with Crippen molar-refractivity contribution in [3.63, 3.8) is 0 Å². The maximum Gasteiger partial charge on any atom is 1.00 e. The number of hydrogen-bond acceptors (Lipinski definition) is 33. The molecule has 14 aromatic rings. The van der Waals surface area contributed by atoms with Gasteiger partial charge in [-0.3, -0.25) is 25.5 Å². The molecule has 7 N–H and O–H groups in total. The molecule has 21 nitrogen and oxygen atoms in total. The van der Waals surface area contributed by atoms with Crippen molar-refractivity contribution in [2.45, 2.75) is 119 Å². The van der Waals surface area contributed by atoms with Crippen molar-refractivity contribution >= 4 is 381 Å². The number of nitrogens with two attached hydrogens (primary N) is 1. The smallest absolute Gasteiger partial charge is 0.870 e. The number of carbonyl (C=O) groups excluding carboxylic acids is 6. The fourth-order valence-corrected chi connectivity index (χ4v) is 25.5. The summed E-state index contributed by atoms with van der Waals surface area (Å²) < 4.78 is 45.2. The number of fused-ring (bicyclic) bond motifs is 6. The van der Waals surface area contributed by atoms with Crippen molar-refractivity contribution in [2.24, 2.45) is 4.30 Å². The molecule has 0 saturated carbocycles. The van der Waals surface area contributed by atoms with Gasteiger partial charge in [0.05, 0.1) is 57.6 Å². The van der Waals surface area contributed by atoms with E-state index >= 15 is 0 Å². The van der Waals surface area contributed by atoms with Crippen LogP contribution in [0.3, 0.4) is 0 Å². The molecule has 2 aliphatic heterocycles. The molecule has 0 bridgehead atoms. The van der Waals surface area contributed by atoms with Crippen molar-refractivity contribution in [3.8, 4) is 0 Å². The summed E-state index contributed by atoms with van der Waals surface area (Å²) in [5.41, 5.74) is 4.35. The van der Waals surface area contributed by atoms with E-state index < -0.39 is 41.1 Å². The van der Waals surface area contributed by atoms with E-state index in [1.54, 1.807) is 126 Å². The Morgan fingerprint density at radius 1 is 0.529 bits per heavy atom. The fourth-order valence-electron chi connectivity index (χ4n) is 9.60. The number of thiophene rings is 14. The van der Waals surface area contributed by atoms with Crippen LogP contribution in [0.1, 0.15) is 131 Å². The second-order valence-electron chi connectivity index (χ2n) is 26.6. The van der Waals surface area contributed by atoms with Crippen molar-refractivity contribution in [1.29, 1.82) is 0 Å². The molecule has 0 unspecified atom stereocenters. The molecule has 2 fully saturated rings. The number of nitrogens with zero attached hydrogens (tertiary/aromatic N) is 3. The summed E-state index contributed by atoms with van der Waals surface area (Å²) in [4.78, 5) is 83.6. The van der Waals surface area contributed by atoms with Gasteiger partial charge in [0.25, 0.3) is 0 Å². The molecule has 16 heterocycles. The maximum absolute atomic E-state index is 11.8. The Morgan fingerprint density at radius 2 is 0.916 bits per heavy atom. The molecule has 0 atom stereocenters. The minimum Gasteiger partial charge on any atom is -0.870 e. The molecule has 0 spiro atoms. The van der Waals surface area contributed by atoms with Gasteiger partial charge in [-0.1, -0.05) is 0 Å². The van der Waals surface area contributed by atoms with E-state index in [2.05, 4.69) is 134 Å². The SMILES string of the molecule is Brc1ccsc1.CC(C)(C)OC(=O)Nc1cc2sc(Br)cc2s1.CC(C)(C)OC(=O)Nc1cc2sc(N3CCCC3)cc2s1.CC(C)(C)OC(=O)Nc1cc2sccc2s1.CCOC(=O)CS.CCOC(=O)c1cc2sccc2s1.Cl.Nc1cc2sc(N3CCCC3)cc2s1.O=C(O)c1cc2sccc2s1.O=Cc1sccc1Br.[B]=NS.[Li+].[OH-]. The Hall–Kier alpha value is -4.50. The summed E-state index contributed by atoms with van der Waals surface area (Å²) in [6, 6.07) is 28.1. The van der Waals surface area contributed by atoms with E-state index in [-0.39, 0.29) is 54.4 Å². The summed E-state index contributed by atoms with van der Waals surface area (Å²) in [6.07, 6.45) is 4.90. The molecule has 0 aliphatic carbocycles. The number of aromatic carboxylic acids is 1. The first-order chi connectivity index (χ1) is 55.0. The fraction of sp³-hybridized carbons (Fsp3) is 0.329. The normalized spacial score (nSPS) is 11.8. The zero-order valence-corrected chi connectivity index (χ0v) is 85.1. The summed E-state index contributed by atoms with van der Waals surface area (Å²) in [7, 11) is 4.34. The van der Waals surface area contributed by atoms with Gasteiger partial charge in [-0.2, -0.15) is 24.0 Å². The molecule has 0 aromatic carbocycles. The standard InChI is InChI=1S/C15H20N2O2S2.C11H12BrNO2S2.C11H13NO2S2.C10H12N2S2.C9H8O2S2.C7H4O2S2.C5H3BrOS.C4H3BrS.C4H8O2S.BHNS.ClH.Li.H2O/c1-15(2,3)19-14(18)16-12-8-10-11(20-12)9-13(21-10)17-6-4-5-7-17;1-11(2,3)15-10(14)13-9-5-7-6(17-9)4-8(12)16-7;1-11(2,3)14-10(13)12-9-6-8-7(16-9)4-5-15-8;11-9-5-7-8(13-9)6-10(14-7)12-3-1-2-4-12;1-2-11-9(10)8-5-7-6(13-8)3-4-12-7;8-7(9)6-3-5-4(11-6)1-2-10-5;6-4-1-2-8-5(4)3-7;5-4-1-2-6-3-4;1-2-6-4(5)3-7;1-2-3;;;/h8-9H,4-7H2,1-3H3,(H,16,18);4-5H,1-3H3,(H,13,14);4-6H,1-3H3,(H,12,13);5-6H,1-4,11H2;3-5H,2H2,1H3;1-3H,(H,8,9);1-3H;1-3H;7H,2-3H2,1H3;3H;1H;;1H2/q;;;;;;;;;;;+1;/p-1. The summed E-state index contributed by atoms with van der Waals surface area (Å²) in [5, 5.41) is 35.1. The summed E-state index contributed by atoms with van der Waals surface area (Å²) >= 11 is 39.3. The molecule has 43 heteroatoms. The quantitative estimate of drug-likeness (QED) is 0.0208. The minimum atomic E-state index is -0.835. The number of carbonyl (C=O) groups is 7. The van der Waals surface area contributed by atoms with Gasteiger partial charge in [0.1, 0.15) is 26.6 Å². The molecule has 3 amide bonds. The van der Waals surface area contributed by atoms with Gasteiger partial charge in [-0.15, -0.1) is 160 Å². The third-order valence-corrected chi connectivity index (χ3v) is 30.9. The van der Waals surface area contributed by atoms with Crippen LogP contribution in [0.5, 0.6) is 0 Å². The van der Waals surface area contributed by atoms with E-state index in [4.69, 9.17) is 29.8 Å². The first kappa shape index (κ1) is 107. The number of esters is 2. The number of ether oxygens (including phenoxy) is 5. The number of anilines is 6. The number of carboxylic acids is 1. The van der Waals surface area contributed by atoms with Gasteiger partial charge in [-0.25, -0.2) is 24.0 Å². The number of amides is 3. The zero-order chi connectivity index (χ0) is 84.9. The van der Waals surface area contributed by atoms with Crippen LogP contribution in [0.2, 0.25) is 0 Å². The van der Waals surface area contributed by atoms with E-state index in [0.29, 0.717) is 23.0 Å². The molecule has 119 heavy (non-hydrogen) atoms. The van der Waals surface area contributed by atoms with Crippen LogP contribution in [-0.4, -0.2) is 123 Å². The number of carboxylic acid groups (broad SMARTS) is 1. The number of hydrogen-bond donors (Lipinski definition) is 7. The second kappa shape index (κ2) is 53.1. The third-order valence-electron chi connectivity index (χ3n) is 14.1. The van der Waals surface area contributed by atoms with Gasteiger partial charge < -0.3 is 49.8 Å². The number of halogens is 4. The van der Waals surface area contributed by atoms with Crippen LogP contribution in [0.25, 0.3) is 56.4 Å². The van der Waals surface area contributed by atoms with Gasteiger partial charge in [-0.05, 0) is 261 Å². The molecular formula is C76H86BBr3ClLiN7O14S16. The van der Waals surface area contributed by atoms with Gasteiger partial charge in [0.2, 0.25) is 0 Å². The van der Waals surface area contributed by atoms with Crippen LogP contribution in [0, 0.1) is 0 Å². The van der Waals surface area contributed by atoms with Gasteiger partial charge in [0.15, 0.2) is 6.29 Å². The zero-order valence-electron chi connectivity index (χ0n) is 66.3. The Labute approximate surface area is 802 Å². The predicted molar refractivity (Wildman–Crippen MR) is 532 cm³/mol. The molecule has 1 radical (unpaired) electrons. The van der Waals surface area contributed by atoms with E-state index in [1.165, 1.54) is 115 Å². The number of nitrogens with one attached hydrogen (secondary N) is 3. The number of aldehydes is 1. The molecule has 2 aliphatic rings. The predicted octanol–water partition coefficient (Wildman–Crippen LogP) is 26.0. The van der Waals surface area contributed by atoms with Crippen LogP contribution in [0.15, 0.2) is 134 Å². The summed E-state index contributed by atoms with van der Waals surface area (Å²) in [5.74, 6) is -1.13. The largest absolute Gasteiger partial charge is 1.00 e. The molecule has 16 rings (SSSR count). The topological polar surface area (TPSA) is 297 Å². The Bertz CT molecular complexity index is 5250. The number of nitrogen functional groups attached to an aromatic ring is 1. The van der Waals surface area contributed by atoms with Crippen LogP contribution in [0.4, 0.5) is 44.4 Å². The minimum absolute atomic E-state index is 0. The van der Waals surface area contributed by atoms with Crippen molar-refractivity contribution < 1.29 is 86.7 Å². The summed E-state index contributed by atoms with van der Waals surface area (Å²) in [6.45, 7) is 25.9. The first-order valence-corrected chi connectivity index (χ1v) is 50.3. The maximum atomic E-state index is 11.8. The average Bonchev–Trinajstić information content (AvgIpc) is 1.66. The van der Waals surface area contributed by atoms with E-state index in [1.807, 2.05) is 174 Å². The Balaban J connectivity index is 0.000000285. The van der Waals surface area contributed by atoms with Crippen molar-refractivity contribution in [1.82, 2.24) is 0 Å². The molecule has 14 aromatic heterocycles. The van der Waals surface area contributed by atoms with Crippen LogP contribution in [-0.2, 0) is 28.5 Å². The average molecular weight is 2130 g/mol. The first-order valence-electron chi connectivity index (χ1n) is 35.0. The van der Waals surface area contributed by atoms with E-state index in [0.717, 1.165) is 80.7 Å². The van der Waals surface area contributed by atoms with Crippen LogP contribution >= 0.6 is 244 Å². The van der Waals surface area contributed by atoms with Gasteiger partial charge in [0, 0.05) is 96.9 Å². The molecule has 637 valence electrons. The second-order valence-corrected chi connectivity index (χ2v) is 44.6. The molecule has 2 saturated heterocycles. The number of thiol groups is 2. The van der Waals surface area contributed by atoms with Crippen molar-refractivity contribution in [2.75, 3.05) is 76.6 Å². The molecular weight excluding hydrogens is 2040 g/mol. The van der Waals surface area contributed by atoms with Gasteiger partial charge >= 0.3 is 79.8 Å². The van der Waals surface area contributed by atoms with E-state index in [9.17, 15) is 33.6 Å².